The largest absolute Gasteiger partial charge is 0.496 e. The predicted octanol–water partition coefficient (Wildman–Crippen LogP) is 2.65. The lowest BCUT2D eigenvalue weighted by atomic mass is 10.1. The fraction of sp³-hybridized carbons (Fsp3) is 0.278. The molecule has 3 rings (SSSR count). The van der Waals surface area contributed by atoms with Crippen molar-refractivity contribution >= 4 is 11.6 Å². The third kappa shape index (κ3) is 4.09. The van der Waals surface area contributed by atoms with Gasteiger partial charge < -0.3 is 20.5 Å². The summed E-state index contributed by atoms with van der Waals surface area (Å²) in [6.07, 6.45) is 4.13. The Hall–Kier alpha value is -3.13. The zero-order valence-electron chi connectivity index (χ0n) is 14.8. The summed E-state index contributed by atoms with van der Waals surface area (Å²) in [5.74, 6) is 2.65. The fourth-order valence-electron chi connectivity index (χ4n) is 2.43. The van der Waals surface area contributed by atoms with Gasteiger partial charge in [-0.1, -0.05) is 6.07 Å². The van der Waals surface area contributed by atoms with Crippen molar-refractivity contribution in [2.45, 2.75) is 13.3 Å². The molecule has 0 unspecified atom stereocenters. The number of aromatic nitrogens is 4. The summed E-state index contributed by atoms with van der Waals surface area (Å²) in [4.78, 5) is 8.48. The molecule has 0 radical (unpaired) electrons. The number of H-pyrrole nitrogens is 1. The molecular weight excluding hydrogens is 332 g/mol. The number of aryl methyl sites for hydroxylation is 1. The lowest BCUT2D eigenvalue weighted by molar-refractivity contribution is 0.312. The first-order valence-corrected chi connectivity index (χ1v) is 8.32. The summed E-state index contributed by atoms with van der Waals surface area (Å²) in [7, 11) is 1.62. The first-order chi connectivity index (χ1) is 12.7. The van der Waals surface area contributed by atoms with Crippen LogP contribution in [0, 0.1) is 6.92 Å². The molecule has 8 heteroatoms. The minimum Gasteiger partial charge on any atom is -0.496 e. The van der Waals surface area contributed by atoms with E-state index in [1.807, 2.05) is 31.2 Å². The van der Waals surface area contributed by atoms with Crippen LogP contribution < -0.4 is 20.5 Å². The van der Waals surface area contributed by atoms with E-state index in [2.05, 4.69) is 25.5 Å². The Bertz CT molecular complexity index is 847. The van der Waals surface area contributed by atoms with E-state index in [0.717, 1.165) is 23.4 Å². The number of hydrogen-bond donors (Lipinski definition) is 3. The molecule has 0 amide bonds. The molecule has 0 aliphatic carbocycles. The standard InChI is InChI=1S/C18H22N6O2/c1-12-10-21-17(11-20-12)22-16-9-13(23-24-16)18-14(25-2)5-3-6-15(18)26-8-4-7-19/h3,5-6,9-11H,4,7-8,19H2,1-2H3,(H2,21,22,23,24). The summed E-state index contributed by atoms with van der Waals surface area (Å²) in [6.45, 7) is 3.00. The van der Waals surface area contributed by atoms with Crippen LogP contribution in [0.25, 0.3) is 11.3 Å². The molecule has 0 atom stereocenters. The molecule has 0 aliphatic rings. The van der Waals surface area contributed by atoms with Gasteiger partial charge in [0, 0.05) is 6.07 Å². The zero-order valence-corrected chi connectivity index (χ0v) is 14.8. The number of methoxy groups -OCH3 is 1. The van der Waals surface area contributed by atoms with Gasteiger partial charge >= 0.3 is 0 Å². The Labute approximate surface area is 151 Å². The number of anilines is 2. The van der Waals surface area contributed by atoms with Crippen LogP contribution in [0.2, 0.25) is 0 Å². The molecule has 26 heavy (non-hydrogen) atoms. The summed E-state index contributed by atoms with van der Waals surface area (Å²) < 4.78 is 11.4. The SMILES string of the molecule is COc1cccc(OCCCN)c1-c1cc(Nc2cnc(C)cn2)n[nH]1. The van der Waals surface area contributed by atoms with Gasteiger partial charge in [0.2, 0.25) is 0 Å². The van der Waals surface area contributed by atoms with Crippen molar-refractivity contribution in [2.24, 2.45) is 5.73 Å². The van der Waals surface area contributed by atoms with Crippen LogP contribution in [0.5, 0.6) is 11.5 Å². The van der Waals surface area contributed by atoms with Crippen LogP contribution in [-0.4, -0.2) is 40.4 Å². The van der Waals surface area contributed by atoms with Crippen LogP contribution in [0.1, 0.15) is 12.1 Å². The smallest absolute Gasteiger partial charge is 0.153 e. The summed E-state index contributed by atoms with van der Waals surface area (Å²) in [5, 5.41) is 10.4. The van der Waals surface area contributed by atoms with Crippen LogP contribution in [-0.2, 0) is 0 Å². The van der Waals surface area contributed by atoms with Crippen LogP contribution in [0.15, 0.2) is 36.7 Å². The number of hydrogen-bond acceptors (Lipinski definition) is 7. The maximum Gasteiger partial charge on any atom is 0.153 e. The van der Waals surface area contributed by atoms with E-state index >= 15 is 0 Å². The second-order valence-electron chi connectivity index (χ2n) is 5.66. The van der Waals surface area contributed by atoms with E-state index in [-0.39, 0.29) is 0 Å². The normalized spacial score (nSPS) is 10.6. The quantitative estimate of drug-likeness (QED) is 0.533. The van der Waals surface area contributed by atoms with Crippen LogP contribution >= 0.6 is 0 Å². The number of rotatable bonds is 8. The number of aromatic amines is 1. The third-order valence-electron chi connectivity index (χ3n) is 3.70. The number of nitrogens with one attached hydrogen (secondary N) is 2. The van der Waals surface area contributed by atoms with Gasteiger partial charge in [0.05, 0.1) is 43.1 Å². The van der Waals surface area contributed by atoms with Gasteiger partial charge in [-0.25, -0.2) is 4.98 Å². The van der Waals surface area contributed by atoms with E-state index in [9.17, 15) is 0 Å². The molecule has 0 saturated heterocycles. The van der Waals surface area contributed by atoms with Gasteiger partial charge in [0.15, 0.2) is 5.82 Å². The van der Waals surface area contributed by atoms with Crippen LogP contribution in [0.3, 0.4) is 0 Å². The van der Waals surface area contributed by atoms with Crippen molar-refractivity contribution in [3.8, 4) is 22.8 Å². The van der Waals surface area contributed by atoms with Crippen LogP contribution in [0.4, 0.5) is 11.6 Å². The van der Waals surface area contributed by atoms with Gasteiger partial charge in [-0.2, -0.15) is 5.10 Å². The Morgan fingerprint density at radius 2 is 2.00 bits per heavy atom. The highest BCUT2D eigenvalue weighted by atomic mass is 16.5. The van der Waals surface area contributed by atoms with E-state index in [1.165, 1.54) is 0 Å². The van der Waals surface area contributed by atoms with Crippen molar-refractivity contribution in [1.82, 2.24) is 20.2 Å². The molecule has 2 aromatic heterocycles. The van der Waals surface area contributed by atoms with Crippen molar-refractivity contribution < 1.29 is 9.47 Å². The molecule has 0 spiro atoms. The molecule has 136 valence electrons. The van der Waals surface area contributed by atoms with Crippen molar-refractivity contribution in [3.63, 3.8) is 0 Å². The second-order valence-corrected chi connectivity index (χ2v) is 5.66. The maximum atomic E-state index is 5.86. The highest BCUT2D eigenvalue weighted by Crippen LogP contribution is 2.38. The minimum absolute atomic E-state index is 0.537. The molecule has 4 N–H and O–H groups in total. The summed E-state index contributed by atoms with van der Waals surface area (Å²) >= 11 is 0. The third-order valence-corrected chi connectivity index (χ3v) is 3.70. The average Bonchev–Trinajstić information content (AvgIpc) is 3.11. The Kier molecular flexibility index (Phi) is 5.65. The van der Waals surface area contributed by atoms with Gasteiger partial charge in [-0.15, -0.1) is 0 Å². The topological polar surface area (TPSA) is 111 Å². The van der Waals surface area contributed by atoms with E-state index in [1.54, 1.807) is 19.5 Å². The van der Waals surface area contributed by atoms with Gasteiger partial charge in [0.25, 0.3) is 0 Å². The first kappa shape index (κ1) is 17.7. The predicted molar refractivity (Wildman–Crippen MR) is 99.8 cm³/mol. The van der Waals surface area contributed by atoms with Gasteiger partial charge in [0.1, 0.15) is 17.3 Å². The number of ether oxygens (including phenoxy) is 2. The molecule has 2 heterocycles. The average molecular weight is 354 g/mol. The first-order valence-electron chi connectivity index (χ1n) is 8.32. The minimum atomic E-state index is 0.537. The molecule has 0 saturated carbocycles. The summed E-state index contributed by atoms with van der Waals surface area (Å²) in [6, 6.07) is 7.53. The molecular formula is C18H22N6O2. The van der Waals surface area contributed by atoms with Gasteiger partial charge in [-0.05, 0) is 32.0 Å². The fourth-order valence-corrected chi connectivity index (χ4v) is 2.43. The second kappa shape index (κ2) is 8.30. The lowest BCUT2D eigenvalue weighted by Gasteiger charge is -2.13. The van der Waals surface area contributed by atoms with Crippen molar-refractivity contribution in [2.75, 3.05) is 25.6 Å². The van der Waals surface area contributed by atoms with E-state index in [4.69, 9.17) is 15.2 Å². The highest BCUT2D eigenvalue weighted by molar-refractivity contribution is 5.76. The Morgan fingerprint density at radius 3 is 2.73 bits per heavy atom. The van der Waals surface area contributed by atoms with Crippen molar-refractivity contribution in [3.05, 3.63) is 42.4 Å². The monoisotopic (exact) mass is 354 g/mol. The van der Waals surface area contributed by atoms with E-state index < -0.39 is 0 Å². The maximum absolute atomic E-state index is 5.86. The highest BCUT2D eigenvalue weighted by Gasteiger charge is 2.16. The molecule has 0 aliphatic heterocycles. The molecule has 8 nitrogen and oxygen atoms in total. The van der Waals surface area contributed by atoms with E-state index in [0.29, 0.717) is 36.3 Å². The van der Waals surface area contributed by atoms with Crippen molar-refractivity contribution in [1.29, 1.82) is 0 Å². The Balaban J connectivity index is 1.86. The number of nitrogens with zero attached hydrogens (tertiary/aromatic N) is 3. The molecule has 3 aromatic rings. The molecule has 0 fully saturated rings. The summed E-state index contributed by atoms with van der Waals surface area (Å²) in [5.41, 5.74) is 7.98. The van der Waals surface area contributed by atoms with Gasteiger partial charge in [-0.3, -0.25) is 10.1 Å². The Morgan fingerprint density at radius 1 is 1.15 bits per heavy atom. The molecule has 1 aromatic carbocycles. The number of nitrogens with two attached hydrogens (primary N) is 1. The zero-order chi connectivity index (χ0) is 18.4. The lowest BCUT2D eigenvalue weighted by Crippen LogP contribution is -2.07. The number of benzene rings is 1. The molecule has 0 bridgehead atoms.